The predicted octanol–water partition coefficient (Wildman–Crippen LogP) is 2.13. The Balaban J connectivity index is 1.79. The van der Waals surface area contributed by atoms with Gasteiger partial charge in [-0.15, -0.1) is 0 Å². The summed E-state index contributed by atoms with van der Waals surface area (Å²) in [6, 6.07) is 7.69. The number of carbonyl (C=O) groups is 1. The van der Waals surface area contributed by atoms with E-state index in [1.165, 1.54) is 6.42 Å². The molecule has 0 saturated carbocycles. The lowest BCUT2D eigenvalue weighted by molar-refractivity contribution is 0.0537. The van der Waals surface area contributed by atoms with Gasteiger partial charge < -0.3 is 10.2 Å². The maximum Gasteiger partial charge on any atom is 0.255 e. The lowest BCUT2D eigenvalue weighted by Gasteiger charge is -2.41. The summed E-state index contributed by atoms with van der Waals surface area (Å²) in [6.45, 7) is 3.89. The fourth-order valence-electron chi connectivity index (χ4n) is 3.08. The van der Waals surface area contributed by atoms with Crippen LogP contribution in [-0.4, -0.2) is 37.0 Å². The first kappa shape index (κ1) is 12.2. The minimum absolute atomic E-state index is 0.166. The van der Waals surface area contributed by atoms with Crippen molar-refractivity contribution in [2.45, 2.75) is 6.42 Å². The molecule has 2 atom stereocenters. The van der Waals surface area contributed by atoms with Crippen LogP contribution in [0.15, 0.2) is 28.7 Å². The van der Waals surface area contributed by atoms with Crippen LogP contribution in [0.2, 0.25) is 0 Å². The summed E-state index contributed by atoms with van der Waals surface area (Å²) in [5.41, 5.74) is 0.783. The fourth-order valence-corrected chi connectivity index (χ4v) is 3.53. The van der Waals surface area contributed by atoms with E-state index in [0.29, 0.717) is 11.8 Å². The van der Waals surface area contributed by atoms with Crippen molar-refractivity contribution < 1.29 is 4.79 Å². The summed E-state index contributed by atoms with van der Waals surface area (Å²) in [6.07, 6.45) is 1.27. The van der Waals surface area contributed by atoms with E-state index in [4.69, 9.17) is 0 Å². The summed E-state index contributed by atoms with van der Waals surface area (Å²) in [7, 11) is 0. The van der Waals surface area contributed by atoms with Crippen LogP contribution in [0.5, 0.6) is 0 Å². The van der Waals surface area contributed by atoms with Gasteiger partial charge in [-0.05, 0) is 59.4 Å². The fraction of sp³-hybridized carbons (Fsp3) is 0.500. The van der Waals surface area contributed by atoms with Gasteiger partial charge in [0.2, 0.25) is 0 Å². The Bertz CT molecular complexity index is 451. The van der Waals surface area contributed by atoms with E-state index >= 15 is 0 Å². The van der Waals surface area contributed by atoms with Gasteiger partial charge in [0.1, 0.15) is 0 Å². The SMILES string of the molecule is O=C(c1ccccc1Br)N1CC2CNCC(C2)C1. The highest BCUT2D eigenvalue weighted by atomic mass is 79.9. The molecule has 2 aliphatic rings. The molecule has 1 N–H and O–H groups in total. The molecule has 2 saturated heterocycles. The van der Waals surface area contributed by atoms with E-state index < -0.39 is 0 Å². The van der Waals surface area contributed by atoms with Crippen molar-refractivity contribution in [1.29, 1.82) is 0 Å². The van der Waals surface area contributed by atoms with Crippen molar-refractivity contribution in [3.63, 3.8) is 0 Å². The van der Waals surface area contributed by atoms with E-state index in [9.17, 15) is 4.79 Å². The molecule has 2 heterocycles. The number of halogens is 1. The van der Waals surface area contributed by atoms with Gasteiger partial charge in [-0.2, -0.15) is 0 Å². The molecule has 1 amide bonds. The molecule has 96 valence electrons. The van der Waals surface area contributed by atoms with Crippen molar-refractivity contribution in [2.24, 2.45) is 11.8 Å². The third kappa shape index (κ3) is 2.31. The van der Waals surface area contributed by atoms with Gasteiger partial charge >= 0.3 is 0 Å². The van der Waals surface area contributed by atoms with E-state index in [1.54, 1.807) is 0 Å². The Morgan fingerprint density at radius 2 is 1.89 bits per heavy atom. The largest absolute Gasteiger partial charge is 0.338 e. The molecule has 1 aromatic carbocycles. The number of nitrogens with zero attached hydrogens (tertiary/aromatic N) is 1. The first-order chi connectivity index (χ1) is 8.74. The zero-order valence-electron chi connectivity index (χ0n) is 10.2. The molecule has 0 spiro atoms. The van der Waals surface area contributed by atoms with E-state index in [-0.39, 0.29) is 5.91 Å². The maximum absolute atomic E-state index is 12.5. The topological polar surface area (TPSA) is 32.3 Å². The highest BCUT2D eigenvalue weighted by Crippen LogP contribution is 2.27. The Hall–Kier alpha value is -0.870. The average Bonchev–Trinajstić information content (AvgIpc) is 2.38. The minimum Gasteiger partial charge on any atom is -0.338 e. The van der Waals surface area contributed by atoms with Crippen LogP contribution in [0, 0.1) is 11.8 Å². The smallest absolute Gasteiger partial charge is 0.255 e. The quantitative estimate of drug-likeness (QED) is 0.862. The molecule has 18 heavy (non-hydrogen) atoms. The molecule has 2 unspecified atom stereocenters. The Labute approximate surface area is 116 Å². The molecule has 0 radical (unpaired) electrons. The number of fused-ring (bicyclic) bond motifs is 2. The normalized spacial score (nSPS) is 27.1. The van der Waals surface area contributed by atoms with Crippen molar-refractivity contribution in [3.8, 4) is 0 Å². The van der Waals surface area contributed by atoms with Crippen LogP contribution in [0.4, 0.5) is 0 Å². The molecule has 1 aromatic rings. The first-order valence-corrected chi connectivity index (χ1v) is 7.28. The molecule has 3 rings (SSSR count). The second kappa shape index (κ2) is 5.02. The summed E-state index contributed by atoms with van der Waals surface area (Å²) >= 11 is 3.46. The number of rotatable bonds is 1. The number of likely N-dealkylation sites (tertiary alicyclic amines) is 1. The van der Waals surface area contributed by atoms with E-state index in [1.807, 2.05) is 29.2 Å². The zero-order chi connectivity index (χ0) is 12.5. The number of carbonyl (C=O) groups excluding carboxylic acids is 1. The number of piperidine rings is 2. The van der Waals surface area contributed by atoms with Crippen molar-refractivity contribution in [3.05, 3.63) is 34.3 Å². The van der Waals surface area contributed by atoms with Gasteiger partial charge in [-0.3, -0.25) is 4.79 Å². The molecule has 2 fully saturated rings. The molecular weight excluding hydrogens is 292 g/mol. The van der Waals surface area contributed by atoms with Gasteiger partial charge in [0.05, 0.1) is 5.56 Å². The van der Waals surface area contributed by atoms with E-state index in [2.05, 4.69) is 21.2 Å². The second-order valence-corrected chi connectivity index (χ2v) is 6.17. The number of amides is 1. The summed E-state index contributed by atoms with van der Waals surface area (Å²) < 4.78 is 0.892. The second-order valence-electron chi connectivity index (χ2n) is 5.32. The Kier molecular flexibility index (Phi) is 3.39. The van der Waals surface area contributed by atoms with Crippen molar-refractivity contribution in [2.75, 3.05) is 26.2 Å². The average molecular weight is 309 g/mol. The van der Waals surface area contributed by atoms with Crippen LogP contribution in [0.25, 0.3) is 0 Å². The first-order valence-electron chi connectivity index (χ1n) is 6.48. The van der Waals surface area contributed by atoms with Crippen LogP contribution in [-0.2, 0) is 0 Å². The summed E-state index contributed by atoms with van der Waals surface area (Å²) in [4.78, 5) is 14.6. The van der Waals surface area contributed by atoms with E-state index in [0.717, 1.165) is 36.2 Å². The number of hydrogen-bond donors (Lipinski definition) is 1. The summed E-state index contributed by atoms with van der Waals surface area (Å²) in [5, 5.41) is 3.45. The lowest BCUT2D eigenvalue weighted by Crippen LogP contribution is -2.52. The highest BCUT2D eigenvalue weighted by molar-refractivity contribution is 9.10. The minimum atomic E-state index is 0.166. The molecule has 4 heteroatoms. The molecule has 2 aliphatic heterocycles. The zero-order valence-corrected chi connectivity index (χ0v) is 11.8. The van der Waals surface area contributed by atoms with Gasteiger partial charge in [0.25, 0.3) is 5.91 Å². The highest BCUT2D eigenvalue weighted by Gasteiger charge is 2.33. The van der Waals surface area contributed by atoms with Crippen LogP contribution in [0.3, 0.4) is 0 Å². The predicted molar refractivity (Wildman–Crippen MR) is 74.5 cm³/mol. The molecule has 2 bridgehead atoms. The lowest BCUT2D eigenvalue weighted by atomic mass is 9.85. The molecule has 0 aliphatic carbocycles. The van der Waals surface area contributed by atoms with Crippen molar-refractivity contribution >= 4 is 21.8 Å². The molecule has 3 nitrogen and oxygen atoms in total. The van der Waals surface area contributed by atoms with Gasteiger partial charge in [0.15, 0.2) is 0 Å². The van der Waals surface area contributed by atoms with Gasteiger partial charge in [-0.25, -0.2) is 0 Å². The Morgan fingerprint density at radius 3 is 2.56 bits per heavy atom. The number of benzene rings is 1. The third-order valence-corrected chi connectivity index (χ3v) is 4.57. The molecule has 0 aromatic heterocycles. The molecular formula is C14H17BrN2O. The number of nitrogens with one attached hydrogen (secondary N) is 1. The Morgan fingerprint density at radius 1 is 1.22 bits per heavy atom. The van der Waals surface area contributed by atoms with Crippen LogP contribution >= 0.6 is 15.9 Å². The van der Waals surface area contributed by atoms with Gasteiger partial charge in [0, 0.05) is 17.6 Å². The standard InChI is InChI=1S/C14H17BrN2O/c15-13-4-2-1-3-12(13)14(18)17-8-10-5-11(9-17)7-16-6-10/h1-4,10-11,16H,5-9H2. The van der Waals surface area contributed by atoms with Gasteiger partial charge in [-0.1, -0.05) is 12.1 Å². The van der Waals surface area contributed by atoms with Crippen LogP contribution < -0.4 is 5.32 Å². The number of hydrogen-bond acceptors (Lipinski definition) is 2. The van der Waals surface area contributed by atoms with Crippen LogP contribution in [0.1, 0.15) is 16.8 Å². The third-order valence-electron chi connectivity index (χ3n) is 3.88. The monoisotopic (exact) mass is 308 g/mol. The maximum atomic E-state index is 12.5. The van der Waals surface area contributed by atoms with Crippen molar-refractivity contribution in [1.82, 2.24) is 10.2 Å². The summed E-state index contributed by atoms with van der Waals surface area (Å²) in [5.74, 6) is 1.42.